The zero-order valence-corrected chi connectivity index (χ0v) is 12.7. The molecule has 0 unspecified atom stereocenters. The normalized spacial score (nSPS) is 10.5. The van der Waals surface area contributed by atoms with Gasteiger partial charge in [0, 0.05) is 11.1 Å². The predicted octanol–water partition coefficient (Wildman–Crippen LogP) is 4.40. The summed E-state index contributed by atoms with van der Waals surface area (Å²) in [5, 5.41) is 3.08. The van der Waals surface area contributed by atoms with E-state index in [0.717, 1.165) is 23.9 Å². The third-order valence-corrected chi connectivity index (χ3v) is 3.82. The minimum atomic E-state index is -0.956. The molecule has 0 atom stereocenters. The number of amides is 1. The molecule has 2 aromatic rings. The summed E-state index contributed by atoms with van der Waals surface area (Å²) < 4.78 is 25.8. The van der Waals surface area contributed by atoms with Gasteiger partial charge in [-0.05, 0) is 24.3 Å². The van der Waals surface area contributed by atoms with E-state index in [4.69, 9.17) is 23.2 Å². The van der Waals surface area contributed by atoms with Crippen LogP contribution in [0.3, 0.4) is 0 Å². The van der Waals surface area contributed by atoms with Gasteiger partial charge in [-0.3, -0.25) is 4.79 Å². The second-order valence-electron chi connectivity index (χ2n) is 3.90. The fourth-order valence-electron chi connectivity index (χ4n) is 1.39. The maximum absolute atomic E-state index is 13.0. The largest absolute Gasteiger partial charge is 0.309 e. The summed E-state index contributed by atoms with van der Waals surface area (Å²) in [6.07, 6.45) is 1.35. The van der Waals surface area contributed by atoms with Gasteiger partial charge in [-0.15, -0.1) is 11.8 Å². The van der Waals surface area contributed by atoms with Crippen molar-refractivity contribution in [3.63, 3.8) is 0 Å². The Labute approximate surface area is 133 Å². The van der Waals surface area contributed by atoms with Gasteiger partial charge in [-0.25, -0.2) is 13.8 Å². The van der Waals surface area contributed by atoms with Crippen LogP contribution in [-0.4, -0.2) is 16.6 Å². The molecule has 1 aromatic heterocycles. The lowest BCUT2D eigenvalue weighted by Gasteiger charge is -2.06. The number of thioether (sulfide) groups is 1. The first-order valence-corrected chi connectivity index (χ1v) is 7.38. The minimum Gasteiger partial charge on any atom is -0.309 e. The second kappa shape index (κ2) is 7.06. The number of hydrogen-bond acceptors (Lipinski definition) is 3. The van der Waals surface area contributed by atoms with E-state index in [9.17, 15) is 13.6 Å². The van der Waals surface area contributed by atoms with E-state index in [1.54, 1.807) is 0 Å². The Bertz CT molecular complexity index is 685. The van der Waals surface area contributed by atoms with Gasteiger partial charge in [-0.1, -0.05) is 23.2 Å². The van der Waals surface area contributed by atoms with Gasteiger partial charge in [0.1, 0.15) is 0 Å². The first-order valence-electron chi connectivity index (χ1n) is 5.64. The van der Waals surface area contributed by atoms with Gasteiger partial charge >= 0.3 is 0 Å². The van der Waals surface area contributed by atoms with Crippen LogP contribution in [0.25, 0.3) is 0 Å². The number of halogens is 4. The van der Waals surface area contributed by atoms with Crippen LogP contribution in [0.15, 0.2) is 35.4 Å². The first kappa shape index (κ1) is 16.0. The van der Waals surface area contributed by atoms with Crippen molar-refractivity contribution in [2.24, 2.45) is 0 Å². The lowest BCUT2D eigenvalue weighted by atomic mass is 10.3. The van der Waals surface area contributed by atoms with Crippen LogP contribution in [0.1, 0.15) is 0 Å². The Kier molecular flexibility index (Phi) is 5.39. The summed E-state index contributed by atoms with van der Waals surface area (Å²) in [4.78, 5) is 16.1. The van der Waals surface area contributed by atoms with Gasteiger partial charge in [0.25, 0.3) is 0 Å². The number of nitrogens with zero attached hydrogens (tertiary/aromatic N) is 1. The van der Waals surface area contributed by atoms with E-state index >= 15 is 0 Å². The fraction of sp³-hybridized carbons (Fsp3) is 0.0769. The number of carbonyl (C=O) groups is 1. The lowest BCUT2D eigenvalue weighted by molar-refractivity contribution is -0.113. The van der Waals surface area contributed by atoms with Crippen LogP contribution in [-0.2, 0) is 4.79 Å². The highest BCUT2D eigenvalue weighted by atomic mass is 35.5. The standard InChI is InChI=1S/C13H8Cl2F2N2OS/c14-7-3-9(15)13(18-5-7)19-12(20)6-21-8-1-2-10(16)11(17)4-8/h1-5H,6H2,(H,18,19,20). The number of benzene rings is 1. The Balaban J connectivity index is 1.94. The molecule has 1 N–H and O–H groups in total. The van der Waals surface area contributed by atoms with Crippen LogP contribution >= 0.6 is 35.0 Å². The maximum atomic E-state index is 13.0. The summed E-state index contributed by atoms with van der Waals surface area (Å²) in [6, 6.07) is 4.88. The summed E-state index contributed by atoms with van der Waals surface area (Å²) >= 11 is 12.6. The molecule has 0 spiro atoms. The Morgan fingerprint density at radius 2 is 2.00 bits per heavy atom. The van der Waals surface area contributed by atoms with Crippen LogP contribution in [0.5, 0.6) is 0 Å². The number of carbonyl (C=O) groups excluding carboxylic acids is 1. The van der Waals surface area contributed by atoms with Gasteiger partial charge < -0.3 is 5.32 Å². The van der Waals surface area contributed by atoms with Crippen molar-refractivity contribution in [3.05, 3.63) is 52.1 Å². The quantitative estimate of drug-likeness (QED) is 0.832. The molecule has 8 heteroatoms. The van der Waals surface area contributed by atoms with Crippen molar-refractivity contribution < 1.29 is 13.6 Å². The minimum absolute atomic E-state index is 0.00566. The Hall–Kier alpha value is -1.37. The van der Waals surface area contributed by atoms with E-state index in [-0.39, 0.29) is 22.5 Å². The van der Waals surface area contributed by atoms with Crippen LogP contribution < -0.4 is 5.32 Å². The molecule has 0 aliphatic heterocycles. The Morgan fingerprint density at radius 3 is 2.67 bits per heavy atom. The van der Waals surface area contributed by atoms with Gasteiger partial charge in [-0.2, -0.15) is 0 Å². The van der Waals surface area contributed by atoms with Crippen molar-refractivity contribution in [3.8, 4) is 0 Å². The number of pyridine rings is 1. The molecule has 0 radical (unpaired) electrons. The molecule has 0 saturated carbocycles. The van der Waals surface area contributed by atoms with E-state index in [2.05, 4.69) is 10.3 Å². The molecule has 0 aliphatic carbocycles. The van der Waals surface area contributed by atoms with E-state index in [0.29, 0.717) is 9.92 Å². The summed E-state index contributed by atoms with van der Waals surface area (Å²) in [5.41, 5.74) is 0. The third-order valence-electron chi connectivity index (χ3n) is 2.33. The zero-order chi connectivity index (χ0) is 15.4. The predicted molar refractivity (Wildman–Crippen MR) is 80.0 cm³/mol. The van der Waals surface area contributed by atoms with Gasteiger partial charge in [0.2, 0.25) is 5.91 Å². The highest BCUT2D eigenvalue weighted by molar-refractivity contribution is 8.00. The lowest BCUT2D eigenvalue weighted by Crippen LogP contribution is -2.15. The third kappa shape index (κ3) is 4.56. The van der Waals surface area contributed by atoms with E-state index < -0.39 is 11.6 Å². The summed E-state index contributed by atoms with van der Waals surface area (Å²) in [7, 11) is 0. The molecule has 1 aromatic carbocycles. The van der Waals surface area contributed by atoms with Gasteiger partial charge in [0.05, 0.1) is 15.8 Å². The SMILES string of the molecule is O=C(CSc1ccc(F)c(F)c1)Nc1ncc(Cl)cc1Cl. The molecule has 1 heterocycles. The van der Waals surface area contributed by atoms with Crippen molar-refractivity contribution in [1.82, 2.24) is 4.98 Å². The first-order chi connectivity index (χ1) is 9.95. The summed E-state index contributed by atoms with van der Waals surface area (Å²) in [5.74, 6) is -2.06. The van der Waals surface area contributed by atoms with Crippen LogP contribution in [0, 0.1) is 11.6 Å². The van der Waals surface area contributed by atoms with Gasteiger partial charge in [0.15, 0.2) is 17.5 Å². The topological polar surface area (TPSA) is 42.0 Å². The van der Waals surface area contributed by atoms with Crippen molar-refractivity contribution in [2.45, 2.75) is 4.90 Å². The smallest absolute Gasteiger partial charge is 0.235 e. The van der Waals surface area contributed by atoms with Crippen molar-refractivity contribution in [1.29, 1.82) is 0 Å². The highest BCUT2D eigenvalue weighted by Gasteiger charge is 2.09. The number of rotatable bonds is 4. The van der Waals surface area contributed by atoms with Crippen molar-refractivity contribution >= 4 is 46.7 Å². The number of hydrogen-bond donors (Lipinski definition) is 1. The zero-order valence-electron chi connectivity index (χ0n) is 10.4. The maximum Gasteiger partial charge on any atom is 0.235 e. The molecule has 0 saturated heterocycles. The molecule has 2 rings (SSSR count). The van der Waals surface area contributed by atoms with Crippen LogP contribution in [0.4, 0.5) is 14.6 Å². The highest BCUT2D eigenvalue weighted by Crippen LogP contribution is 2.24. The molecular weight excluding hydrogens is 341 g/mol. The average molecular weight is 349 g/mol. The second-order valence-corrected chi connectivity index (χ2v) is 5.79. The molecule has 0 bridgehead atoms. The van der Waals surface area contributed by atoms with E-state index in [1.807, 2.05) is 0 Å². The summed E-state index contributed by atoms with van der Waals surface area (Å²) in [6.45, 7) is 0. The number of anilines is 1. The molecule has 1 amide bonds. The molecule has 0 fully saturated rings. The monoisotopic (exact) mass is 348 g/mol. The molecular formula is C13H8Cl2F2N2OS. The molecule has 110 valence electrons. The molecule has 21 heavy (non-hydrogen) atoms. The van der Waals surface area contributed by atoms with E-state index in [1.165, 1.54) is 18.3 Å². The molecule has 0 aliphatic rings. The fourth-order valence-corrected chi connectivity index (χ4v) is 2.54. The average Bonchev–Trinajstić information content (AvgIpc) is 2.43. The number of aromatic nitrogens is 1. The molecule has 3 nitrogen and oxygen atoms in total. The van der Waals surface area contributed by atoms with Crippen LogP contribution in [0.2, 0.25) is 10.0 Å². The number of nitrogens with one attached hydrogen (secondary N) is 1. The van der Waals surface area contributed by atoms with Crippen molar-refractivity contribution in [2.75, 3.05) is 11.1 Å². The Morgan fingerprint density at radius 1 is 1.24 bits per heavy atom.